The highest BCUT2D eigenvalue weighted by atomic mass is 17.1. The number of hydrogen-bond acceptors (Lipinski definition) is 3. The predicted molar refractivity (Wildman–Crippen MR) is 71.0 cm³/mol. The van der Waals surface area contributed by atoms with E-state index in [1.165, 1.54) is 12.0 Å². The van der Waals surface area contributed by atoms with Crippen LogP contribution >= 0.6 is 0 Å². The third-order valence-electron chi connectivity index (χ3n) is 4.76. The van der Waals surface area contributed by atoms with E-state index in [4.69, 9.17) is 5.26 Å². The highest BCUT2D eigenvalue weighted by molar-refractivity contribution is 5.29. The maximum absolute atomic E-state index is 9.32. The average Bonchev–Trinajstić information content (AvgIpc) is 2.38. The smallest absolute Gasteiger partial charge is 0.119 e. The molecule has 3 nitrogen and oxygen atoms in total. The molecule has 2 aliphatic rings. The summed E-state index contributed by atoms with van der Waals surface area (Å²) >= 11 is 0. The van der Waals surface area contributed by atoms with Crippen molar-refractivity contribution in [1.82, 2.24) is 0 Å². The summed E-state index contributed by atoms with van der Waals surface area (Å²) < 4.78 is 0. The molecule has 0 unspecified atom stereocenters. The van der Waals surface area contributed by atoms with Crippen molar-refractivity contribution >= 4 is 0 Å². The molecule has 102 valence electrons. The largest absolute Gasteiger partial charge is 0.392 e. The molecular weight excluding hydrogens is 228 g/mol. The second-order valence-electron chi connectivity index (χ2n) is 6.12. The molecular formula is C15H24O3. The molecule has 0 aromatic rings. The van der Waals surface area contributed by atoms with Gasteiger partial charge in [-0.1, -0.05) is 19.1 Å². The van der Waals surface area contributed by atoms with Gasteiger partial charge in [0.1, 0.15) is 5.60 Å². The van der Waals surface area contributed by atoms with Gasteiger partial charge < -0.3 is 5.11 Å². The Hall–Kier alpha value is -0.640. The van der Waals surface area contributed by atoms with Crippen molar-refractivity contribution in [2.75, 3.05) is 6.61 Å². The summed E-state index contributed by atoms with van der Waals surface area (Å²) in [5, 5.41) is 18.4. The summed E-state index contributed by atoms with van der Waals surface area (Å²) in [5.41, 5.74) is 1.63. The van der Waals surface area contributed by atoms with Gasteiger partial charge in [0.25, 0.3) is 0 Å². The average molecular weight is 252 g/mol. The van der Waals surface area contributed by atoms with Crippen molar-refractivity contribution in [2.45, 2.75) is 45.1 Å². The highest BCUT2D eigenvalue weighted by Gasteiger charge is 2.40. The second-order valence-corrected chi connectivity index (χ2v) is 6.12. The van der Waals surface area contributed by atoms with Gasteiger partial charge in [0.2, 0.25) is 0 Å². The lowest BCUT2D eigenvalue weighted by atomic mass is 9.63. The van der Waals surface area contributed by atoms with E-state index in [0.29, 0.717) is 11.8 Å². The molecule has 18 heavy (non-hydrogen) atoms. The minimum atomic E-state index is -0.573. The van der Waals surface area contributed by atoms with Crippen molar-refractivity contribution in [3.05, 3.63) is 23.8 Å². The van der Waals surface area contributed by atoms with Crippen molar-refractivity contribution in [1.29, 1.82) is 0 Å². The first kappa shape index (κ1) is 13.8. The lowest BCUT2D eigenvalue weighted by Gasteiger charge is -2.43. The molecule has 0 radical (unpaired) electrons. The van der Waals surface area contributed by atoms with Crippen LogP contribution in [0.3, 0.4) is 0 Å². The third kappa shape index (κ3) is 2.40. The van der Waals surface area contributed by atoms with Crippen molar-refractivity contribution in [3.8, 4) is 0 Å². The maximum atomic E-state index is 9.32. The Kier molecular flexibility index (Phi) is 3.95. The minimum absolute atomic E-state index is 0.0415. The van der Waals surface area contributed by atoms with E-state index < -0.39 is 5.60 Å². The fourth-order valence-corrected chi connectivity index (χ4v) is 3.53. The summed E-state index contributed by atoms with van der Waals surface area (Å²) in [6, 6.07) is 0. The van der Waals surface area contributed by atoms with E-state index in [1.54, 1.807) is 0 Å². The van der Waals surface area contributed by atoms with Crippen LogP contribution in [0.2, 0.25) is 0 Å². The molecule has 4 atom stereocenters. The first-order valence-corrected chi connectivity index (χ1v) is 6.84. The van der Waals surface area contributed by atoms with Crippen LogP contribution in [-0.4, -0.2) is 22.6 Å². The van der Waals surface area contributed by atoms with E-state index in [9.17, 15) is 5.11 Å². The van der Waals surface area contributed by atoms with Crippen LogP contribution in [0, 0.1) is 17.8 Å². The Labute approximate surface area is 109 Å². The topological polar surface area (TPSA) is 49.7 Å². The molecule has 0 aromatic carbocycles. The number of allylic oxidation sites excluding steroid dienone is 1. The first-order chi connectivity index (χ1) is 8.50. The van der Waals surface area contributed by atoms with Crippen LogP contribution in [0.1, 0.15) is 39.5 Å². The third-order valence-corrected chi connectivity index (χ3v) is 4.76. The quantitative estimate of drug-likeness (QED) is 0.461. The highest BCUT2D eigenvalue weighted by Crippen LogP contribution is 2.48. The second kappa shape index (κ2) is 5.16. The molecule has 0 bridgehead atoms. The summed E-state index contributed by atoms with van der Waals surface area (Å²) in [5.74, 6) is 1.48. The van der Waals surface area contributed by atoms with E-state index in [1.807, 2.05) is 6.92 Å². The summed E-state index contributed by atoms with van der Waals surface area (Å²) in [4.78, 5) is 4.66. The molecule has 2 N–H and O–H groups in total. The number of hydrogen-bond donors (Lipinski definition) is 2. The molecule has 0 aromatic heterocycles. The molecule has 0 amide bonds. The van der Waals surface area contributed by atoms with Gasteiger partial charge in [0, 0.05) is 5.92 Å². The fourth-order valence-electron chi connectivity index (χ4n) is 3.53. The van der Waals surface area contributed by atoms with Crippen LogP contribution in [0.25, 0.3) is 0 Å². The van der Waals surface area contributed by atoms with E-state index >= 15 is 0 Å². The van der Waals surface area contributed by atoms with Crippen LogP contribution < -0.4 is 0 Å². The lowest BCUT2D eigenvalue weighted by Crippen LogP contribution is -2.37. The maximum Gasteiger partial charge on any atom is 0.119 e. The zero-order valence-electron chi connectivity index (χ0n) is 11.4. The van der Waals surface area contributed by atoms with Gasteiger partial charge in [-0.15, -0.1) is 0 Å². The van der Waals surface area contributed by atoms with E-state index in [2.05, 4.69) is 24.5 Å². The molecule has 0 aliphatic heterocycles. The standard InChI is InChI=1S/C15H24O3/c1-10-4-5-12(11(2)9-16)14-8-15(3,18-17)7-6-13(10)14/h8,10,12-13,16-17H,2,4-7,9H2,1,3H3/t10-,12+,13+,15-/m1/s1. The van der Waals surface area contributed by atoms with Gasteiger partial charge >= 0.3 is 0 Å². The van der Waals surface area contributed by atoms with Gasteiger partial charge in [-0.25, -0.2) is 4.89 Å². The fraction of sp³-hybridized carbons (Fsp3) is 0.733. The molecule has 0 saturated heterocycles. The van der Waals surface area contributed by atoms with E-state index in [-0.39, 0.29) is 12.5 Å². The van der Waals surface area contributed by atoms with Gasteiger partial charge in [-0.3, -0.25) is 5.26 Å². The van der Waals surface area contributed by atoms with Gasteiger partial charge in [-0.05, 0) is 56.1 Å². The molecule has 1 fully saturated rings. The Bertz CT molecular complexity index is 361. The molecule has 0 heterocycles. The van der Waals surface area contributed by atoms with Crippen LogP contribution in [0.5, 0.6) is 0 Å². The lowest BCUT2D eigenvalue weighted by molar-refractivity contribution is -0.306. The molecule has 2 rings (SSSR count). The molecule has 2 aliphatic carbocycles. The SMILES string of the molecule is C=C(CO)[C@@H]1CC[C@@H](C)[C@@H]2CC[C@@](C)(OO)C=C12. The van der Waals surface area contributed by atoms with Gasteiger partial charge in [0.15, 0.2) is 0 Å². The summed E-state index contributed by atoms with van der Waals surface area (Å²) in [6.45, 7) is 8.24. The molecule has 0 spiro atoms. The van der Waals surface area contributed by atoms with E-state index in [0.717, 1.165) is 24.8 Å². The zero-order valence-corrected chi connectivity index (χ0v) is 11.4. The predicted octanol–water partition coefficient (Wildman–Crippen LogP) is 3.17. The van der Waals surface area contributed by atoms with Crippen molar-refractivity contribution in [3.63, 3.8) is 0 Å². The molecule has 1 saturated carbocycles. The Morgan fingerprint density at radius 1 is 1.50 bits per heavy atom. The van der Waals surface area contributed by atoms with Crippen LogP contribution in [0.15, 0.2) is 23.8 Å². The number of fused-ring (bicyclic) bond motifs is 1. The van der Waals surface area contributed by atoms with Crippen LogP contribution in [0.4, 0.5) is 0 Å². The Morgan fingerprint density at radius 2 is 2.22 bits per heavy atom. The van der Waals surface area contributed by atoms with Gasteiger partial charge in [-0.2, -0.15) is 0 Å². The first-order valence-electron chi connectivity index (χ1n) is 6.84. The Morgan fingerprint density at radius 3 is 2.83 bits per heavy atom. The normalized spacial score (nSPS) is 40.0. The number of rotatable bonds is 3. The minimum Gasteiger partial charge on any atom is -0.392 e. The number of aliphatic hydroxyl groups excluding tert-OH is 1. The van der Waals surface area contributed by atoms with Gasteiger partial charge in [0.05, 0.1) is 6.61 Å². The summed E-state index contributed by atoms with van der Waals surface area (Å²) in [6.07, 6.45) is 6.19. The molecule has 3 heteroatoms. The van der Waals surface area contributed by atoms with Crippen molar-refractivity contribution in [2.24, 2.45) is 17.8 Å². The summed E-state index contributed by atoms with van der Waals surface area (Å²) in [7, 11) is 0. The number of aliphatic hydroxyl groups is 1. The van der Waals surface area contributed by atoms with Crippen molar-refractivity contribution < 1.29 is 15.3 Å². The Balaban J connectivity index is 2.33. The zero-order chi connectivity index (χ0) is 13.3. The van der Waals surface area contributed by atoms with Crippen LogP contribution in [-0.2, 0) is 4.89 Å². The monoisotopic (exact) mass is 252 g/mol.